The number of fused-ring (bicyclic) bond motifs is 1. The fourth-order valence-corrected chi connectivity index (χ4v) is 7.66. The van der Waals surface area contributed by atoms with Gasteiger partial charge in [-0.25, -0.2) is 0 Å². The van der Waals surface area contributed by atoms with Gasteiger partial charge in [-0.15, -0.1) is 11.3 Å². The van der Waals surface area contributed by atoms with Crippen LogP contribution in [0.5, 0.6) is 0 Å². The molecule has 34 heavy (non-hydrogen) atoms. The second-order valence-corrected chi connectivity index (χ2v) is 12.0. The van der Waals surface area contributed by atoms with E-state index in [2.05, 4.69) is 28.1 Å². The minimum Gasteiger partial charge on any atom is -0.372 e. The average Bonchev–Trinajstić information content (AvgIpc) is 3.58. The summed E-state index contributed by atoms with van der Waals surface area (Å²) in [6.07, 6.45) is 13.8. The summed E-state index contributed by atoms with van der Waals surface area (Å²) in [6.45, 7) is 4.61. The third-order valence-corrected chi connectivity index (χ3v) is 9.74. The Hall–Kier alpha value is -1.48. The summed E-state index contributed by atoms with van der Waals surface area (Å²) in [4.78, 5) is 21.3. The predicted octanol–water partition coefficient (Wildman–Crippen LogP) is 5.14. The molecule has 1 atom stereocenters. The number of aromatic nitrogens is 2. The third kappa shape index (κ3) is 4.43. The molecule has 1 amide bonds. The zero-order valence-corrected chi connectivity index (χ0v) is 21.2. The van der Waals surface area contributed by atoms with Crippen LogP contribution < -0.4 is 5.32 Å². The predicted molar refractivity (Wildman–Crippen MR) is 133 cm³/mol. The summed E-state index contributed by atoms with van der Waals surface area (Å²) in [6, 6.07) is 3.26. The number of ether oxygens (including phenoxy) is 1. The topological polar surface area (TPSA) is 68.6 Å². The Morgan fingerprint density at radius 1 is 1.09 bits per heavy atom. The number of nitrogens with one attached hydrogen (secondary N) is 1. The number of hydrogen-bond acceptors (Lipinski definition) is 6. The zero-order chi connectivity index (χ0) is 23.1. The summed E-state index contributed by atoms with van der Waals surface area (Å²) in [5.74, 6) is 0.0776. The molecule has 2 aliphatic heterocycles. The lowest BCUT2D eigenvalue weighted by atomic mass is 9.89. The number of carbonyl (C=O) groups is 1. The summed E-state index contributed by atoms with van der Waals surface area (Å²) in [7, 11) is 0. The maximum Gasteiger partial charge on any atom is 0.261 e. The summed E-state index contributed by atoms with van der Waals surface area (Å²) in [5.41, 5.74) is 1.03. The first-order chi connectivity index (χ1) is 16.6. The smallest absolute Gasteiger partial charge is 0.261 e. The van der Waals surface area contributed by atoms with Crippen molar-refractivity contribution in [1.82, 2.24) is 20.2 Å². The maximum absolute atomic E-state index is 13.1. The van der Waals surface area contributed by atoms with Gasteiger partial charge >= 0.3 is 0 Å². The van der Waals surface area contributed by atoms with E-state index in [4.69, 9.17) is 14.7 Å². The molecule has 0 aromatic carbocycles. The lowest BCUT2D eigenvalue weighted by molar-refractivity contribution is -0.262. The number of rotatable bonds is 4. The molecule has 8 heteroatoms. The number of carbonyl (C=O) groups excluding carboxylic acids is 1. The van der Waals surface area contributed by atoms with E-state index in [0.29, 0.717) is 18.7 Å². The Labute approximate surface area is 206 Å². The highest BCUT2D eigenvalue weighted by Crippen LogP contribution is 2.37. The normalized spacial score (nSPS) is 31.4. The van der Waals surface area contributed by atoms with Gasteiger partial charge < -0.3 is 10.1 Å². The Balaban J connectivity index is 1.04. The minimum atomic E-state index is -0.0156. The van der Waals surface area contributed by atoms with Gasteiger partial charge in [-0.3, -0.25) is 14.3 Å². The largest absolute Gasteiger partial charge is 0.372 e. The zero-order valence-electron chi connectivity index (χ0n) is 20.4. The van der Waals surface area contributed by atoms with Crippen molar-refractivity contribution in [3.63, 3.8) is 0 Å². The Bertz CT molecular complexity index is 1000. The fourth-order valence-electron chi connectivity index (χ4n) is 6.53. The van der Waals surface area contributed by atoms with Crippen molar-refractivity contribution >= 4 is 27.5 Å². The molecule has 2 aromatic rings. The first-order valence-electron chi connectivity index (χ1n) is 13.4. The van der Waals surface area contributed by atoms with Crippen LogP contribution in [0.3, 0.4) is 0 Å². The van der Waals surface area contributed by atoms with Crippen molar-refractivity contribution in [2.24, 2.45) is 0 Å². The maximum atomic E-state index is 13.1. The van der Waals surface area contributed by atoms with Crippen LogP contribution in [0.4, 0.5) is 0 Å². The minimum absolute atomic E-state index is 0.0156. The molecule has 1 spiro atoms. The van der Waals surface area contributed by atoms with E-state index >= 15 is 0 Å². The van der Waals surface area contributed by atoms with E-state index < -0.39 is 0 Å². The van der Waals surface area contributed by atoms with E-state index in [9.17, 15) is 4.79 Å². The van der Waals surface area contributed by atoms with Gasteiger partial charge in [-0.05, 0) is 70.8 Å². The van der Waals surface area contributed by atoms with Crippen LogP contribution in [-0.2, 0) is 9.57 Å². The van der Waals surface area contributed by atoms with Gasteiger partial charge in [0, 0.05) is 30.6 Å². The quantitative estimate of drug-likeness (QED) is 0.648. The summed E-state index contributed by atoms with van der Waals surface area (Å²) < 4.78 is 8.20. The third-order valence-electron chi connectivity index (χ3n) is 8.62. The van der Waals surface area contributed by atoms with E-state index in [1.54, 1.807) is 11.3 Å². The van der Waals surface area contributed by atoms with Gasteiger partial charge in [0.25, 0.3) is 5.91 Å². The lowest BCUT2D eigenvalue weighted by Crippen LogP contribution is -2.51. The number of nitrogens with zero attached hydrogens (tertiary/aromatic N) is 3. The van der Waals surface area contributed by atoms with Gasteiger partial charge in [-0.2, -0.15) is 10.2 Å². The molecule has 0 radical (unpaired) electrons. The monoisotopic (exact) mass is 486 g/mol. The molecule has 2 aliphatic carbocycles. The molecule has 0 bridgehead atoms. The van der Waals surface area contributed by atoms with Crippen LogP contribution in [0.2, 0.25) is 0 Å². The molecule has 2 aromatic heterocycles. The molecule has 4 aliphatic rings. The number of hydroxylamine groups is 2. The second kappa shape index (κ2) is 9.52. The molecule has 7 nitrogen and oxygen atoms in total. The van der Waals surface area contributed by atoms with Crippen molar-refractivity contribution in [3.05, 3.63) is 16.6 Å². The molecule has 2 saturated heterocycles. The highest BCUT2D eigenvalue weighted by molar-refractivity contribution is 7.20. The van der Waals surface area contributed by atoms with Crippen LogP contribution in [0.25, 0.3) is 10.2 Å². The highest BCUT2D eigenvalue weighted by Gasteiger charge is 2.41. The molecule has 186 valence electrons. The van der Waals surface area contributed by atoms with Gasteiger partial charge in [0.1, 0.15) is 4.83 Å². The Kier molecular flexibility index (Phi) is 6.43. The van der Waals surface area contributed by atoms with Gasteiger partial charge in [0.05, 0.1) is 28.8 Å². The van der Waals surface area contributed by atoms with Crippen LogP contribution in [0.15, 0.2) is 6.07 Å². The van der Waals surface area contributed by atoms with E-state index in [-0.39, 0.29) is 17.6 Å². The fraction of sp³-hybridized carbons (Fsp3) is 0.769. The van der Waals surface area contributed by atoms with Crippen molar-refractivity contribution in [2.45, 2.75) is 108 Å². The molecular formula is C26H38N4O3S. The molecule has 1 N–H and O–H groups in total. The van der Waals surface area contributed by atoms with Crippen molar-refractivity contribution < 1.29 is 14.4 Å². The number of hydrogen-bond donors (Lipinski definition) is 1. The number of aryl methyl sites for hydroxylation is 1. The Morgan fingerprint density at radius 3 is 2.62 bits per heavy atom. The second-order valence-electron chi connectivity index (χ2n) is 10.9. The lowest BCUT2D eigenvalue weighted by Gasteiger charge is -2.43. The van der Waals surface area contributed by atoms with Crippen molar-refractivity contribution in [1.29, 1.82) is 0 Å². The van der Waals surface area contributed by atoms with E-state index in [0.717, 1.165) is 74.1 Å². The molecule has 2 saturated carbocycles. The van der Waals surface area contributed by atoms with Gasteiger partial charge in [-0.1, -0.05) is 19.3 Å². The van der Waals surface area contributed by atoms with Crippen molar-refractivity contribution in [3.8, 4) is 0 Å². The molecular weight excluding hydrogens is 448 g/mol. The highest BCUT2D eigenvalue weighted by atomic mass is 32.1. The SMILES string of the molecule is Cc1nn(C2CCCCC2)c2sc(C(=O)NC3CCC(N4CCC5(CCCO5)CO4)CC3)cc12. The summed E-state index contributed by atoms with van der Waals surface area (Å²) >= 11 is 1.62. The summed E-state index contributed by atoms with van der Waals surface area (Å²) in [5, 5.41) is 11.5. The average molecular weight is 487 g/mol. The van der Waals surface area contributed by atoms with Gasteiger partial charge in [0.2, 0.25) is 0 Å². The van der Waals surface area contributed by atoms with Crippen LogP contribution in [0.1, 0.15) is 98.5 Å². The van der Waals surface area contributed by atoms with Crippen LogP contribution in [0, 0.1) is 6.92 Å². The first-order valence-corrected chi connectivity index (χ1v) is 14.2. The van der Waals surface area contributed by atoms with Crippen molar-refractivity contribution in [2.75, 3.05) is 19.8 Å². The van der Waals surface area contributed by atoms with E-state index in [1.807, 2.05) is 0 Å². The number of thiophene rings is 1. The van der Waals surface area contributed by atoms with Gasteiger partial charge in [0.15, 0.2) is 0 Å². The first kappa shape index (κ1) is 23.0. The Morgan fingerprint density at radius 2 is 1.91 bits per heavy atom. The van der Waals surface area contributed by atoms with Crippen LogP contribution in [-0.4, -0.2) is 58.2 Å². The molecule has 4 fully saturated rings. The van der Waals surface area contributed by atoms with Crippen LogP contribution >= 0.6 is 11.3 Å². The molecule has 1 unspecified atom stereocenters. The number of amides is 1. The van der Waals surface area contributed by atoms with E-state index in [1.165, 1.54) is 36.9 Å². The molecule has 4 heterocycles. The molecule has 6 rings (SSSR count). The standard InChI is InChI=1S/C26H38N4O3S/c1-18-22-16-23(34-25(22)30(28-18)21-6-3-2-4-7-21)24(31)27-19-8-10-20(11-9-19)29-14-13-26(17-33-29)12-5-15-32-26/h16,19-21H,2-15,17H2,1H3,(H,27,31).